The maximum atomic E-state index is 12.7. The summed E-state index contributed by atoms with van der Waals surface area (Å²) in [5.41, 5.74) is 1.63. The predicted molar refractivity (Wildman–Crippen MR) is 86.9 cm³/mol. The Bertz CT molecular complexity index is 500. The summed E-state index contributed by atoms with van der Waals surface area (Å²) in [5, 5.41) is 0. The van der Waals surface area contributed by atoms with Crippen molar-refractivity contribution in [3.05, 3.63) is 35.4 Å². The molecule has 5 heteroatoms. The Hall–Kier alpha value is -1.88. The molecule has 0 N–H and O–H groups in total. The van der Waals surface area contributed by atoms with Crippen molar-refractivity contribution in [3.63, 3.8) is 0 Å². The molecule has 5 nitrogen and oxygen atoms in total. The van der Waals surface area contributed by atoms with Crippen molar-refractivity contribution in [2.45, 2.75) is 20.3 Å². The summed E-state index contributed by atoms with van der Waals surface area (Å²) in [6, 6.07) is 7.51. The lowest BCUT2D eigenvalue weighted by atomic mass is 10.1. The Labute approximate surface area is 132 Å². The van der Waals surface area contributed by atoms with Crippen molar-refractivity contribution >= 4 is 11.9 Å². The van der Waals surface area contributed by atoms with E-state index < -0.39 is 0 Å². The highest BCUT2D eigenvalue weighted by Crippen LogP contribution is 2.11. The van der Waals surface area contributed by atoms with Crippen molar-refractivity contribution in [2.24, 2.45) is 0 Å². The first-order chi connectivity index (χ1) is 10.5. The Morgan fingerprint density at radius 1 is 1.09 bits per heavy atom. The number of carbonyl (C=O) groups excluding carboxylic acids is 2. The van der Waals surface area contributed by atoms with Crippen LogP contribution in [0.2, 0.25) is 0 Å². The van der Waals surface area contributed by atoms with E-state index >= 15 is 0 Å². The van der Waals surface area contributed by atoms with Crippen LogP contribution in [0.15, 0.2) is 24.3 Å². The molecule has 0 fully saturated rings. The second-order valence-electron chi connectivity index (χ2n) is 5.47. The van der Waals surface area contributed by atoms with Gasteiger partial charge in [0.05, 0.1) is 13.0 Å². The molecule has 0 heterocycles. The third-order valence-corrected chi connectivity index (χ3v) is 3.37. The van der Waals surface area contributed by atoms with Crippen LogP contribution in [0, 0.1) is 6.92 Å². The number of hydrogen-bond acceptors (Lipinski definition) is 4. The number of likely N-dealkylation sites (N-methyl/N-ethyl adjacent to an activating group) is 1. The smallest absolute Gasteiger partial charge is 0.307 e. The molecule has 0 saturated heterocycles. The van der Waals surface area contributed by atoms with E-state index in [-0.39, 0.29) is 18.3 Å². The monoisotopic (exact) mass is 306 g/mol. The Kier molecular flexibility index (Phi) is 7.60. The van der Waals surface area contributed by atoms with E-state index in [1.165, 1.54) is 0 Å². The standard InChI is InChI=1S/C17H26N2O3/c1-5-22-16(20)10-11-19(13-12-18(3)4)17(21)15-9-7-6-8-14(15)2/h6-9H,5,10-13H2,1-4H3. The largest absolute Gasteiger partial charge is 0.466 e. The van der Waals surface area contributed by atoms with Gasteiger partial charge in [-0.1, -0.05) is 18.2 Å². The third kappa shape index (κ3) is 5.85. The number of ether oxygens (including phenoxy) is 1. The van der Waals surface area contributed by atoms with E-state index in [0.29, 0.717) is 25.3 Å². The van der Waals surface area contributed by atoms with Crippen molar-refractivity contribution < 1.29 is 14.3 Å². The van der Waals surface area contributed by atoms with Crippen molar-refractivity contribution in [2.75, 3.05) is 40.3 Å². The summed E-state index contributed by atoms with van der Waals surface area (Å²) < 4.78 is 4.94. The van der Waals surface area contributed by atoms with E-state index in [1.54, 1.807) is 11.8 Å². The molecule has 0 unspecified atom stereocenters. The van der Waals surface area contributed by atoms with Crippen LogP contribution in [-0.2, 0) is 9.53 Å². The van der Waals surface area contributed by atoms with Crippen molar-refractivity contribution in [3.8, 4) is 0 Å². The van der Waals surface area contributed by atoms with Crippen LogP contribution in [0.1, 0.15) is 29.3 Å². The zero-order chi connectivity index (χ0) is 16.5. The molecular weight excluding hydrogens is 280 g/mol. The van der Waals surface area contributed by atoms with E-state index in [9.17, 15) is 9.59 Å². The molecule has 0 spiro atoms. The van der Waals surface area contributed by atoms with Gasteiger partial charge in [-0.05, 0) is 39.6 Å². The summed E-state index contributed by atoms with van der Waals surface area (Å²) in [5.74, 6) is -0.306. The van der Waals surface area contributed by atoms with Gasteiger partial charge in [0.1, 0.15) is 0 Å². The average Bonchev–Trinajstić information content (AvgIpc) is 2.47. The van der Waals surface area contributed by atoms with Gasteiger partial charge in [-0.3, -0.25) is 9.59 Å². The molecule has 0 atom stereocenters. The lowest BCUT2D eigenvalue weighted by Gasteiger charge is -2.25. The third-order valence-electron chi connectivity index (χ3n) is 3.37. The van der Waals surface area contributed by atoms with Gasteiger partial charge < -0.3 is 14.5 Å². The summed E-state index contributed by atoms with van der Waals surface area (Å²) in [6.07, 6.45) is 0.221. The molecule has 1 aromatic rings. The fraction of sp³-hybridized carbons (Fsp3) is 0.529. The molecule has 1 amide bonds. The lowest BCUT2D eigenvalue weighted by Crippen LogP contribution is -2.38. The lowest BCUT2D eigenvalue weighted by molar-refractivity contribution is -0.143. The molecule has 0 bridgehead atoms. The minimum atomic E-state index is -0.269. The fourth-order valence-corrected chi connectivity index (χ4v) is 2.08. The number of benzene rings is 1. The maximum Gasteiger partial charge on any atom is 0.307 e. The van der Waals surface area contributed by atoms with Gasteiger partial charge in [-0.2, -0.15) is 0 Å². The number of amides is 1. The second-order valence-corrected chi connectivity index (χ2v) is 5.47. The van der Waals surface area contributed by atoms with Crippen molar-refractivity contribution in [1.82, 2.24) is 9.80 Å². The van der Waals surface area contributed by atoms with E-state index in [1.807, 2.05) is 50.2 Å². The van der Waals surface area contributed by atoms with Crippen LogP contribution in [0.5, 0.6) is 0 Å². The van der Waals surface area contributed by atoms with E-state index in [2.05, 4.69) is 0 Å². The quantitative estimate of drug-likeness (QED) is 0.689. The van der Waals surface area contributed by atoms with Gasteiger partial charge in [-0.15, -0.1) is 0 Å². The van der Waals surface area contributed by atoms with Gasteiger partial charge >= 0.3 is 5.97 Å². The summed E-state index contributed by atoms with van der Waals surface area (Å²) in [6.45, 7) is 5.77. The highest BCUT2D eigenvalue weighted by Gasteiger charge is 2.18. The zero-order valence-electron chi connectivity index (χ0n) is 14.0. The first kappa shape index (κ1) is 18.2. The van der Waals surface area contributed by atoms with Crippen LogP contribution in [0.25, 0.3) is 0 Å². The fourth-order valence-electron chi connectivity index (χ4n) is 2.08. The van der Waals surface area contributed by atoms with Crippen molar-refractivity contribution in [1.29, 1.82) is 0 Å². The normalized spacial score (nSPS) is 10.6. The molecule has 122 valence electrons. The Balaban J connectivity index is 2.78. The van der Waals surface area contributed by atoms with Crippen LogP contribution in [-0.4, -0.2) is 62.0 Å². The highest BCUT2D eigenvalue weighted by molar-refractivity contribution is 5.95. The van der Waals surface area contributed by atoms with Crippen LogP contribution < -0.4 is 0 Å². The molecule has 0 saturated carbocycles. The summed E-state index contributed by atoms with van der Waals surface area (Å²) >= 11 is 0. The van der Waals surface area contributed by atoms with Gasteiger partial charge in [0.2, 0.25) is 0 Å². The van der Waals surface area contributed by atoms with Crippen LogP contribution in [0.3, 0.4) is 0 Å². The Morgan fingerprint density at radius 3 is 2.36 bits per heavy atom. The van der Waals surface area contributed by atoms with Crippen LogP contribution in [0.4, 0.5) is 0 Å². The topological polar surface area (TPSA) is 49.9 Å². The number of esters is 1. The molecule has 22 heavy (non-hydrogen) atoms. The number of rotatable bonds is 8. The summed E-state index contributed by atoms with van der Waals surface area (Å²) in [4.78, 5) is 28.0. The number of nitrogens with zero attached hydrogens (tertiary/aromatic N) is 2. The highest BCUT2D eigenvalue weighted by atomic mass is 16.5. The van der Waals surface area contributed by atoms with Gasteiger partial charge in [-0.25, -0.2) is 0 Å². The first-order valence-electron chi connectivity index (χ1n) is 7.61. The average molecular weight is 306 g/mol. The van der Waals surface area contributed by atoms with Gasteiger partial charge in [0.25, 0.3) is 5.91 Å². The number of carbonyl (C=O) groups is 2. The summed E-state index contributed by atoms with van der Waals surface area (Å²) in [7, 11) is 3.92. The SMILES string of the molecule is CCOC(=O)CCN(CCN(C)C)C(=O)c1ccccc1C. The second kappa shape index (κ2) is 9.20. The molecule has 0 radical (unpaired) electrons. The van der Waals surface area contributed by atoms with Gasteiger partial charge in [0, 0.05) is 25.2 Å². The predicted octanol–water partition coefficient (Wildman–Crippen LogP) is 1.95. The van der Waals surface area contributed by atoms with E-state index in [4.69, 9.17) is 4.74 Å². The molecular formula is C17H26N2O3. The molecule has 0 aliphatic carbocycles. The molecule has 0 aliphatic rings. The molecule has 1 rings (SSSR count). The number of aryl methyl sites for hydroxylation is 1. The Morgan fingerprint density at radius 2 is 1.77 bits per heavy atom. The molecule has 0 aromatic heterocycles. The van der Waals surface area contributed by atoms with Crippen LogP contribution >= 0.6 is 0 Å². The number of hydrogen-bond donors (Lipinski definition) is 0. The molecule has 1 aromatic carbocycles. The minimum absolute atomic E-state index is 0.0377. The van der Waals surface area contributed by atoms with E-state index in [0.717, 1.165) is 12.1 Å². The molecule has 0 aliphatic heterocycles. The van der Waals surface area contributed by atoms with Gasteiger partial charge in [0.15, 0.2) is 0 Å². The zero-order valence-corrected chi connectivity index (χ0v) is 14.0. The first-order valence-corrected chi connectivity index (χ1v) is 7.61. The minimum Gasteiger partial charge on any atom is -0.466 e. The maximum absolute atomic E-state index is 12.7.